The van der Waals surface area contributed by atoms with Gasteiger partial charge in [0.05, 0.1) is 12.3 Å². The monoisotopic (exact) mass is 488 g/mol. The van der Waals surface area contributed by atoms with Gasteiger partial charge in [-0.25, -0.2) is 0 Å². The molecule has 188 valence electrons. The van der Waals surface area contributed by atoms with Crippen molar-refractivity contribution in [2.24, 2.45) is 0 Å². The molecule has 0 radical (unpaired) electrons. The third-order valence-electron chi connectivity index (χ3n) is 5.85. The van der Waals surface area contributed by atoms with Crippen LogP contribution in [-0.4, -0.2) is 36.5 Å². The summed E-state index contributed by atoms with van der Waals surface area (Å²) in [6.07, 6.45) is 2.24. The van der Waals surface area contributed by atoms with Crippen molar-refractivity contribution < 1.29 is 24.2 Å². The number of hydrogen-bond donors (Lipinski definition) is 2. The molecule has 0 spiro atoms. The number of anilines is 2. The van der Waals surface area contributed by atoms with E-state index in [2.05, 4.69) is 5.32 Å². The number of para-hydroxylation sites is 2. The fraction of sp³-hybridized carbons (Fsp3) is 0.276. The van der Waals surface area contributed by atoms with E-state index in [1.165, 1.54) is 4.90 Å². The van der Waals surface area contributed by atoms with Crippen LogP contribution in [0.2, 0.25) is 0 Å². The number of ether oxygens (including phenoxy) is 1. The molecule has 3 aromatic rings. The summed E-state index contributed by atoms with van der Waals surface area (Å²) < 4.78 is 5.88. The first-order chi connectivity index (χ1) is 17.3. The second kappa shape index (κ2) is 12.5. The van der Waals surface area contributed by atoms with Crippen molar-refractivity contribution in [2.45, 2.75) is 39.5 Å². The zero-order chi connectivity index (χ0) is 26.1. The number of aliphatic carboxylic acids is 1. The van der Waals surface area contributed by atoms with Gasteiger partial charge in [0.25, 0.3) is 11.8 Å². The van der Waals surface area contributed by atoms with Gasteiger partial charge in [0.2, 0.25) is 0 Å². The van der Waals surface area contributed by atoms with Crippen LogP contribution >= 0.6 is 0 Å². The molecule has 0 saturated heterocycles. The second-order valence-electron chi connectivity index (χ2n) is 8.73. The highest BCUT2D eigenvalue weighted by Crippen LogP contribution is 2.28. The van der Waals surface area contributed by atoms with Crippen LogP contribution in [0.25, 0.3) is 0 Å². The van der Waals surface area contributed by atoms with Crippen molar-refractivity contribution in [3.63, 3.8) is 0 Å². The minimum absolute atomic E-state index is 0.153. The second-order valence-corrected chi connectivity index (χ2v) is 8.73. The Morgan fingerprint density at radius 3 is 2.28 bits per heavy atom. The highest BCUT2D eigenvalue weighted by atomic mass is 16.5. The fourth-order valence-corrected chi connectivity index (χ4v) is 3.81. The number of benzene rings is 3. The van der Waals surface area contributed by atoms with Gasteiger partial charge in [0.15, 0.2) is 0 Å². The molecule has 7 heteroatoms. The van der Waals surface area contributed by atoms with Gasteiger partial charge in [-0.2, -0.15) is 0 Å². The summed E-state index contributed by atoms with van der Waals surface area (Å²) in [7, 11) is 1.68. The summed E-state index contributed by atoms with van der Waals surface area (Å²) in [6.45, 7) is 4.38. The number of nitrogens with one attached hydrogen (secondary N) is 1. The maximum atomic E-state index is 13.1. The van der Waals surface area contributed by atoms with Gasteiger partial charge in [0, 0.05) is 30.3 Å². The summed E-state index contributed by atoms with van der Waals surface area (Å²) in [5.74, 6) is -0.683. The van der Waals surface area contributed by atoms with E-state index in [-0.39, 0.29) is 18.2 Å². The molecule has 2 amide bonds. The van der Waals surface area contributed by atoms with Gasteiger partial charge in [-0.1, -0.05) is 29.8 Å². The number of unbranched alkanes of at least 4 members (excludes halogenated alkanes) is 2. The lowest BCUT2D eigenvalue weighted by atomic mass is 10.1. The van der Waals surface area contributed by atoms with Crippen molar-refractivity contribution in [1.82, 2.24) is 0 Å². The number of rotatable bonds is 11. The van der Waals surface area contributed by atoms with Crippen LogP contribution in [0, 0.1) is 13.8 Å². The molecule has 0 aliphatic rings. The number of amides is 2. The molecular weight excluding hydrogens is 456 g/mol. The summed E-state index contributed by atoms with van der Waals surface area (Å²) in [5, 5.41) is 11.6. The maximum Gasteiger partial charge on any atom is 0.303 e. The lowest BCUT2D eigenvalue weighted by Crippen LogP contribution is -2.27. The van der Waals surface area contributed by atoms with E-state index in [9.17, 15) is 14.4 Å². The number of aryl methyl sites for hydroxylation is 2. The van der Waals surface area contributed by atoms with E-state index in [0.717, 1.165) is 29.7 Å². The van der Waals surface area contributed by atoms with Crippen molar-refractivity contribution in [2.75, 3.05) is 23.9 Å². The highest BCUT2D eigenvalue weighted by molar-refractivity contribution is 6.08. The van der Waals surface area contributed by atoms with Gasteiger partial charge in [-0.05, 0) is 81.1 Å². The van der Waals surface area contributed by atoms with E-state index in [4.69, 9.17) is 9.84 Å². The Hall–Kier alpha value is -4.13. The molecule has 3 rings (SSSR count). The zero-order valence-electron chi connectivity index (χ0n) is 20.9. The van der Waals surface area contributed by atoms with Crippen LogP contribution in [-0.2, 0) is 4.79 Å². The summed E-state index contributed by atoms with van der Waals surface area (Å²) in [5.41, 5.74) is 4.40. The Kier molecular flexibility index (Phi) is 9.22. The SMILES string of the molecule is Cc1ccc(NC(=O)c2ccc(C(=O)N(C)c3ccccc3OCCCCCC(=O)O)cc2)c(C)c1. The molecule has 3 aromatic carbocycles. The lowest BCUT2D eigenvalue weighted by molar-refractivity contribution is -0.137. The van der Waals surface area contributed by atoms with Gasteiger partial charge in [0.1, 0.15) is 5.75 Å². The number of hydrogen-bond acceptors (Lipinski definition) is 4. The topological polar surface area (TPSA) is 95.9 Å². The number of nitrogens with zero attached hydrogens (tertiary/aromatic N) is 1. The molecule has 0 aromatic heterocycles. The van der Waals surface area contributed by atoms with Crippen LogP contribution in [0.3, 0.4) is 0 Å². The fourth-order valence-electron chi connectivity index (χ4n) is 3.81. The molecule has 0 aliphatic heterocycles. The molecule has 0 unspecified atom stereocenters. The molecule has 0 saturated carbocycles. The van der Waals surface area contributed by atoms with Crippen LogP contribution in [0.4, 0.5) is 11.4 Å². The quantitative estimate of drug-likeness (QED) is 0.330. The zero-order valence-corrected chi connectivity index (χ0v) is 20.9. The normalized spacial score (nSPS) is 10.5. The first-order valence-electron chi connectivity index (χ1n) is 12.0. The van der Waals surface area contributed by atoms with Crippen molar-refractivity contribution in [1.29, 1.82) is 0 Å². The van der Waals surface area contributed by atoms with Gasteiger partial charge in [-0.15, -0.1) is 0 Å². The van der Waals surface area contributed by atoms with Crippen molar-refractivity contribution in [3.8, 4) is 5.75 Å². The first kappa shape index (κ1) is 26.5. The standard InChI is InChI=1S/C29H32N2O5/c1-20-12-17-24(21(2)19-20)30-28(34)22-13-15-23(16-14-22)29(35)31(3)25-9-6-7-10-26(25)36-18-8-4-5-11-27(32)33/h6-7,9-10,12-17,19H,4-5,8,11,18H2,1-3H3,(H,30,34)(H,32,33). The van der Waals surface area contributed by atoms with E-state index >= 15 is 0 Å². The summed E-state index contributed by atoms with van der Waals surface area (Å²) >= 11 is 0. The van der Waals surface area contributed by atoms with Crippen LogP contribution < -0.4 is 15.0 Å². The van der Waals surface area contributed by atoms with E-state index in [1.807, 2.05) is 50.2 Å². The third-order valence-corrected chi connectivity index (χ3v) is 5.85. The smallest absolute Gasteiger partial charge is 0.303 e. The third kappa shape index (κ3) is 7.18. The van der Waals surface area contributed by atoms with Crippen LogP contribution in [0.5, 0.6) is 5.75 Å². The average Bonchev–Trinajstić information content (AvgIpc) is 2.87. The molecular formula is C29H32N2O5. The van der Waals surface area contributed by atoms with E-state index < -0.39 is 5.97 Å². The molecule has 7 nitrogen and oxygen atoms in total. The van der Waals surface area contributed by atoms with Crippen molar-refractivity contribution >= 4 is 29.2 Å². The molecule has 0 atom stereocenters. The predicted octanol–water partition coefficient (Wildman–Crippen LogP) is 5.86. The van der Waals surface area contributed by atoms with E-state index in [1.54, 1.807) is 37.4 Å². The highest BCUT2D eigenvalue weighted by Gasteiger charge is 2.18. The van der Waals surface area contributed by atoms with Crippen LogP contribution in [0.1, 0.15) is 57.5 Å². The number of carboxylic acid groups (broad SMARTS) is 1. The van der Waals surface area contributed by atoms with Gasteiger partial charge >= 0.3 is 5.97 Å². The Bertz CT molecular complexity index is 1220. The largest absolute Gasteiger partial charge is 0.491 e. The molecule has 36 heavy (non-hydrogen) atoms. The number of carbonyl (C=O) groups is 3. The Labute approximate surface area is 211 Å². The van der Waals surface area contributed by atoms with Crippen molar-refractivity contribution in [3.05, 3.63) is 89.0 Å². The van der Waals surface area contributed by atoms with Gasteiger partial charge in [-0.3, -0.25) is 14.4 Å². The molecule has 0 aliphatic carbocycles. The minimum atomic E-state index is -0.795. The van der Waals surface area contributed by atoms with Crippen LogP contribution in [0.15, 0.2) is 66.7 Å². The first-order valence-corrected chi connectivity index (χ1v) is 12.0. The molecule has 0 fully saturated rings. The molecule has 0 heterocycles. The minimum Gasteiger partial charge on any atom is -0.491 e. The predicted molar refractivity (Wildman–Crippen MR) is 141 cm³/mol. The molecule has 2 N–H and O–H groups in total. The summed E-state index contributed by atoms with van der Waals surface area (Å²) in [4.78, 5) is 38.0. The Morgan fingerprint density at radius 2 is 1.58 bits per heavy atom. The molecule has 0 bridgehead atoms. The Morgan fingerprint density at radius 1 is 0.889 bits per heavy atom. The number of carbonyl (C=O) groups excluding carboxylic acids is 2. The Balaban J connectivity index is 1.62. The maximum absolute atomic E-state index is 13.1. The summed E-state index contributed by atoms with van der Waals surface area (Å²) in [6, 6.07) is 19.7. The average molecular weight is 489 g/mol. The lowest BCUT2D eigenvalue weighted by Gasteiger charge is -2.21. The number of carboxylic acids is 1. The van der Waals surface area contributed by atoms with Gasteiger partial charge < -0.3 is 20.1 Å². The van der Waals surface area contributed by atoms with E-state index in [0.29, 0.717) is 35.6 Å².